The number of ether oxygens (including phenoxy) is 1. The van der Waals surface area contributed by atoms with Gasteiger partial charge in [-0.2, -0.15) is 4.98 Å². The van der Waals surface area contributed by atoms with Crippen molar-refractivity contribution in [1.82, 2.24) is 9.97 Å². The average molecular weight is 273 g/mol. The second-order valence-corrected chi connectivity index (χ2v) is 4.23. The van der Waals surface area contributed by atoms with Gasteiger partial charge in [-0.05, 0) is 24.6 Å². The molecule has 0 atom stereocenters. The Balaban J connectivity index is 2.10. The summed E-state index contributed by atoms with van der Waals surface area (Å²) in [6, 6.07) is 8.45. The highest BCUT2D eigenvalue weighted by molar-refractivity contribution is 5.87. The van der Waals surface area contributed by atoms with Gasteiger partial charge in [-0.25, -0.2) is 9.78 Å². The number of nitrogens with one attached hydrogen (secondary N) is 1. The van der Waals surface area contributed by atoms with Crippen molar-refractivity contribution in [3.63, 3.8) is 0 Å². The Labute approximate surface area is 116 Å². The van der Waals surface area contributed by atoms with Crippen LogP contribution in [0.3, 0.4) is 0 Å². The number of carbonyl (C=O) groups is 1. The van der Waals surface area contributed by atoms with Gasteiger partial charge in [0.2, 0.25) is 11.8 Å². The molecular weight excluding hydrogens is 258 g/mol. The summed E-state index contributed by atoms with van der Waals surface area (Å²) in [6.45, 7) is 2.29. The smallest absolute Gasteiger partial charge is 0.335 e. The number of hydrogen-bond acceptors (Lipinski definition) is 5. The topological polar surface area (TPSA) is 84.3 Å². The summed E-state index contributed by atoms with van der Waals surface area (Å²) < 4.78 is 5.07. The van der Waals surface area contributed by atoms with Gasteiger partial charge < -0.3 is 15.2 Å². The van der Waals surface area contributed by atoms with Gasteiger partial charge in [-0.1, -0.05) is 12.1 Å². The number of aromatic carboxylic acids is 1. The maximum atomic E-state index is 10.9. The number of anilines is 1. The van der Waals surface area contributed by atoms with Crippen LogP contribution in [0.15, 0.2) is 30.3 Å². The summed E-state index contributed by atoms with van der Waals surface area (Å²) in [5.74, 6) is -0.0119. The van der Waals surface area contributed by atoms with Crippen molar-refractivity contribution in [3.05, 3.63) is 47.2 Å². The molecule has 2 rings (SSSR count). The van der Waals surface area contributed by atoms with Gasteiger partial charge in [0.05, 0.1) is 12.7 Å². The third-order valence-corrected chi connectivity index (χ3v) is 2.66. The van der Waals surface area contributed by atoms with E-state index in [-0.39, 0.29) is 5.56 Å². The Hall–Kier alpha value is -2.63. The Morgan fingerprint density at radius 2 is 2.15 bits per heavy atom. The molecule has 0 spiro atoms. The first kappa shape index (κ1) is 13.8. The van der Waals surface area contributed by atoms with Crippen LogP contribution in [0.1, 0.15) is 21.6 Å². The lowest BCUT2D eigenvalue weighted by molar-refractivity contribution is 0.0697. The minimum Gasteiger partial charge on any atom is -0.481 e. The maximum absolute atomic E-state index is 10.9. The van der Waals surface area contributed by atoms with Gasteiger partial charge in [0.15, 0.2) is 0 Å². The van der Waals surface area contributed by atoms with Crippen molar-refractivity contribution < 1.29 is 14.6 Å². The summed E-state index contributed by atoms with van der Waals surface area (Å²) in [4.78, 5) is 19.3. The molecule has 0 saturated heterocycles. The number of aryl methyl sites for hydroxylation is 1. The van der Waals surface area contributed by atoms with E-state index in [4.69, 9.17) is 9.84 Å². The second kappa shape index (κ2) is 6.01. The highest BCUT2D eigenvalue weighted by Gasteiger charge is 2.05. The van der Waals surface area contributed by atoms with E-state index in [0.29, 0.717) is 18.4 Å². The SMILES string of the molecule is COc1cc(C)nc(NCc2cccc(C(=O)O)c2)n1. The fourth-order valence-electron chi connectivity index (χ4n) is 1.72. The lowest BCUT2D eigenvalue weighted by Crippen LogP contribution is -2.06. The summed E-state index contributed by atoms with van der Waals surface area (Å²) in [5.41, 5.74) is 1.89. The zero-order valence-electron chi connectivity index (χ0n) is 11.3. The van der Waals surface area contributed by atoms with Crippen LogP contribution in [0.25, 0.3) is 0 Å². The molecule has 2 N–H and O–H groups in total. The highest BCUT2D eigenvalue weighted by atomic mass is 16.5. The molecule has 6 nitrogen and oxygen atoms in total. The highest BCUT2D eigenvalue weighted by Crippen LogP contribution is 2.12. The number of aromatic nitrogens is 2. The lowest BCUT2D eigenvalue weighted by Gasteiger charge is -2.08. The molecule has 0 amide bonds. The van der Waals surface area contributed by atoms with Crippen LogP contribution < -0.4 is 10.1 Å². The maximum Gasteiger partial charge on any atom is 0.335 e. The molecule has 1 aromatic heterocycles. The summed E-state index contributed by atoms with van der Waals surface area (Å²) in [6.07, 6.45) is 0. The molecule has 2 aromatic rings. The first-order valence-electron chi connectivity index (χ1n) is 6.04. The monoisotopic (exact) mass is 273 g/mol. The van der Waals surface area contributed by atoms with Gasteiger partial charge in [0, 0.05) is 18.3 Å². The summed E-state index contributed by atoms with van der Waals surface area (Å²) >= 11 is 0. The third-order valence-electron chi connectivity index (χ3n) is 2.66. The van der Waals surface area contributed by atoms with Crippen LogP contribution in [0.5, 0.6) is 5.88 Å². The zero-order valence-corrected chi connectivity index (χ0v) is 11.3. The zero-order chi connectivity index (χ0) is 14.5. The Morgan fingerprint density at radius 1 is 1.35 bits per heavy atom. The fourth-order valence-corrected chi connectivity index (χ4v) is 1.72. The molecule has 0 saturated carbocycles. The number of methoxy groups -OCH3 is 1. The van der Waals surface area contributed by atoms with Gasteiger partial charge in [-0.15, -0.1) is 0 Å². The first-order valence-corrected chi connectivity index (χ1v) is 6.04. The number of benzene rings is 1. The van der Waals surface area contributed by atoms with E-state index in [2.05, 4.69) is 15.3 Å². The molecule has 1 heterocycles. The van der Waals surface area contributed by atoms with Crippen molar-refractivity contribution in [2.45, 2.75) is 13.5 Å². The van der Waals surface area contributed by atoms with Crippen LogP contribution in [0, 0.1) is 6.92 Å². The Bertz CT molecular complexity index is 629. The Morgan fingerprint density at radius 3 is 2.85 bits per heavy atom. The summed E-state index contributed by atoms with van der Waals surface area (Å²) in [5, 5.41) is 12.0. The second-order valence-electron chi connectivity index (χ2n) is 4.23. The van der Waals surface area contributed by atoms with Crippen molar-refractivity contribution in [2.24, 2.45) is 0 Å². The fraction of sp³-hybridized carbons (Fsp3) is 0.214. The standard InChI is InChI=1S/C14H15N3O3/c1-9-6-12(20-2)17-14(16-9)15-8-10-4-3-5-11(7-10)13(18)19/h3-7H,8H2,1-2H3,(H,18,19)(H,15,16,17). The van der Waals surface area contributed by atoms with E-state index in [1.807, 2.05) is 13.0 Å². The molecule has 0 aliphatic rings. The Kier molecular flexibility index (Phi) is 4.14. The molecule has 0 bridgehead atoms. The van der Waals surface area contributed by atoms with Gasteiger partial charge in [0.1, 0.15) is 0 Å². The van der Waals surface area contributed by atoms with Gasteiger partial charge in [-0.3, -0.25) is 0 Å². The van der Waals surface area contributed by atoms with Crippen LogP contribution in [0.4, 0.5) is 5.95 Å². The molecule has 0 fully saturated rings. The molecule has 0 aliphatic heterocycles. The molecule has 0 radical (unpaired) electrons. The first-order chi connectivity index (χ1) is 9.58. The van der Waals surface area contributed by atoms with E-state index in [9.17, 15) is 4.79 Å². The number of hydrogen-bond donors (Lipinski definition) is 2. The number of rotatable bonds is 5. The predicted octanol–water partition coefficient (Wildman–Crippen LogP) is 2.10. The van der Waals surface area contributed by atoms with E-state index in [1.165, 1.54) is 0 Å². The molecule has 20 heavy (non-hydrogen) atoms. The number of carboxylic acids is 1. The molecule has 6 heteroatoms. The van der Waals surface area contributed by atoms with Crippen molar-refractivity contribution in [2.75, 3.05) is 12.4 Å². The van der Waals surface area contributed by atoms with Crippen molar-refractivity contribution in [1.29, 1.82) is 0 Å². The summed E-state index contributed by atoms with van der Waals surface area (Å²) in [7, 11) is 1.54. The van der Waals surface area contributed by atoms with Crippen molar-refractivity contribution in [3.8, 4) is 5.88 Å². The van der Waals surface area contributed by atoms with Crippen LogP contribution in [0.2, 0.25) is 0 Å². The largest absolute Gasteiger partial charge is 0.481 e. The number of carboxylic acid groups (broad SMARTS) is 1. The molecule has 1 aromatic carbocycles. The minimum atomic E-state index is -0.944. The normalized spacial score (nSPS) is 10.1. The van der Waals surface area contributed by atoms with E-state index in [0.717, 1.165) is 11.3 Å². The van der Waals surface area contributed by atoms with Crippen LogP contribution in [-0.4, -0.2) is 28.2 Å². The third kappa shape index (κ3) is 3.44. The van der Waals surface area contributed by atoms with Crippen LogP contribution in [-0.2, 0) is 6.54 Å². The van der Waals surface area contributed by atoms with E-state index in [1.54, 1.807) is 31.4 Å². The van der Waals surface area contributed by atoms with Crippen LogP contribution >= 0.6 is 0 Å². The molecule has 104 valence electrons. The predicted molar refractivity (Wildman–Crippen MR) is 74.0 cm³/mol. The quantitative estimate of drug-likeness (QED) is 0.868. The van der Waals surface area contributed by atoms with E-state index < -0.39 is 5.97 Å². The van der Waals surface area contributed by atoms with Crippen molar-refractivity contribution >= 4 is 11.9 Å². The van der Waals surface area contributed by atoms with Gasteiger partial charge in [0.25, 0.3) is 0 Å². The lowest BCUT2D eigenvalue weighted by atomic mass is 10.1. The molecular formula is C14H15N3O3. The van der Waals surface area contributed by atoms with E-state index >= 15 is 0 Å². The van der Waals surface area contributed by atoms with Gasteiger partial charge >= 0.3 is 5.97 Å². The molecule has 0 aliphatic carbocycles. The number of nitrogens with zero attached hydrogens (tertiary/aromatic N) is 2. The molecule has 0 unspecified atom stereocenters. The average Bonchev–Trinajstić information content (AvgIpc) is 2.44. The minimum absolute atomic E-state index is 0.257.